The van der Waals surface area contributed by atoms with Gasteiger partial charge >= 0.3 is 6.09 Å². The van der Waals surface area contributed by atoms with Crippen molar-refractivity contribution in [3.8, 4) is 0 Å². The van der Waals surface area contributed by atoms with E-state index in [1.54, 1.807) is 0 Å². The summed E-state index contributed by atoms with van der Waals surface area (Å²) in [5.74, 6) is -0.259. The summed E-state index contributed by atoms with van der Waals surface area (Å²) in [6, 6.07) is -1.29. The van der Waals surface area contributed by atoms with Crippen molar-refractivity contribution in [3.05, 3.63) is 0 Å². The fourth-order valence-electron chi connectivity index (χ4n) is 3.72. The molecule has 1 aliphatic heterocycles. The fraction of sp³-hybridized carbons (Fsp3) is 0.870. The summed E-state index contributed by atoms with van der Waals surface area (Å²) in [7, 11) is 0. The third-order valence-corrected chi connectivity index (χ3v) is 5.53. The molecule has 8 heteroatoms. The number of alkyl carbamates (subject to hydrolysis) is 1. The number of cyclic esters (lactones) is 1. The van der Waals surface area contributed by atoms with E-state index in [1.807, 2.05) is 13.8 Å². The molecule has 0 radical (unpaired) electrons. The van der Waals surface area contributed by atoms with E-state index in [9.17, 15) is 19.5 Å². The van der Waals surface area contributed by atoms with Crippen LogP contribution < -0.4 is 16.0 Å². The molecule has 1 rings (SSSR count). The Bertz CT molecular complexity index is 541. The van der Waals surface area contributed by atoms with Gasteiger partial charge in [0.05, 0.1) is 12.6 Å². The van der Waals surface area contributed by atoms with Crippen LogP contribution in [0.4, 0.5) is 4.79 Å². The maximum atomic E-state index is 12.8. The fourth-order valence-corrected chi connectivity index (χ4v) is 3.72. The molecule has 0 aliphatic carbocycles. The molecule has 0 aromatic carbocycles. The van der Waals surface area contributed by atoms with E-state index in [0.29, 0.717) is 19.4 Å². The van der Waals surface area contributed by atoms with Crippen molar-refractivity contribution >= 4 is 17.9 Å². The molecule has 180 valence electrons. The van der Waals surface area contributed by atoms with Crippen LogP contribution in [0.2, 0.25) is 0 Å². The number of rotatable bonds is 7. The number of amides is 3. The maximum Gasteiger partial charge on any atom is 0.408 e. The minimum Gasteiger partial charge on any atom is -0.446 e. The van der Waals surface area contributed by atoms with Crippen molar-refractivity contribution in [3.63, 3.8) is 0 Å². The van der Waals surface area contributed by atoms with Gasteiger partial charge in [-0.25, -0.2) is 4.79 Å². The lowest BCUT2D eigenvalue weighted by Crippen LogP contribution is -2.51. The molecular weight excluding hydrogens is 398 g/mol. The van der Waals surface area contributed by atoms with Gasteiger partial charge in [0.15, 0.2) is 0 Å². The van der Waals surface area contributed by atoms with Crippen LogP contribution in [-0.4, -0.2) is 54.4 Å². The van der Waals surface area contributed by atoms with E-state index < -0.39 is 18.2 Å². The molecule has 1 aliphatic rings. The summed E-state index contributed by atoms with van der Waals surface area (Å²) in [4.78, 5) is 37.4. The molecule has 31 heavy (non-hydrogen) atoms. The summed E-state index contributed by atoms with van der Waals surface area (Å²) in [5.41, 5.74) is 0. The van der Waals surface area contributed by atoms with Crippen LogP contribution in [0.3, 0.4) is 0 Å². The maximum absolute atomic E-state index is 12.8. The average molecular weight is 442 g/mol. The first-order chi connectivity index (χ1) is 14.8. The summed E-state index contributed by atoms with van der Waals surface area (Å²) in [6.07, 6.45) is 7.80. The monoisotopic (exact) mass is 441 g/mol. The number of ether oxygens (including phenoxy) is 1. The lowest BCUT2D eigenvalue weighted by atomic mass is 10.0. The highest BCUT2D eigenvalue weighted by atomic mass is 16.6. The van der Waals surface area contributed by atoms with Gasteiger partial charge in [-0.1, -0.05) is 40.0 Å². The normalized spacial score (nSPS) is 25.2. The SMILES string of the molecule is CCCCC[C@@H]1CCCCCNC(=O)CC[C@@H](CO)NC(=O)[C@H](CC(C)C)NC(=O)O1. The van der Waals surface area contributed by atoms with E-state index >= 15 is 0 Å². The second kappa shape index (κ2) is 15.9. The highest BCUT2D eigenvalue weighted by molar-refractivity contribution is 5.86. The second-order valence-electron chi connectivity index (χ2n) is 8.98. The van der Waals surface area contributed by atoms with Crippen molar-refractivity contribution in [2.24, 2.45) is 5.92 Å². The zero-order valence-electron chi connectivity index (χ0n) is 19.6. The van der Waals surface area contributed by atoms with Gasteiger partial charge in [0, 0.05) is 13.0 Å². The van der Waals surface area contributed by atoms with Crippen molar-refractivity contribution < 1.29 is 24.2 Å². The zero-order valence-corrected chi connectivity index (χ0v) is 19.6. The van der Waals surface area contributed by atoms with Crippen LogP contribution >= 0.6 is 0 Å². The van der Waals surface area contributed by atoms with Gasteiger partial charge in [-0.3, -0.25) is 9.59 Å². The van der Waals surface area contributed by atoms with Gasteiger partial charge < -0.3 is 25.8 Å². The standard InChI is InChI=1S/C23H43N3O5/c1-4-5-7-10-19-11-8-6-9-14-24-21(28)13-12-18(16-27)25-22(29)20(15-17(2)3)26-23(30)31-19/h17-20,27H,4-16H2,1-3H3,(H,24,28)(H,25,29)(H,26,30)/t18-,19+,20-/m0/s1. The number of carbonyl (C=O) groups excluding carboxylic acids is 3. The molecular formula is C23H43N3O5. The molecule has 3 atom stereocenters. The summed E-state index contributed by atoms with van der Waals surface area (Å²) in [6.45, 7) is 6.43. The summed E-state index contributed by atoms with van der Waals surface area (Å²) in [5, 5.41) is 18.0. The third kappa shape index (κ3) is 12.6. The Morgan fingerprint density at radius 1 is 1.06 bits per heavy atom. The minimum atomic E-state index is -0.748. The number of hydrogen-bond donors (Lipinski definition) is 4. The van der Waals surface area contributed by atoms with E-state index in [-0.39, 0.29) is 36.9 Å². The Balaban J connectivity index is 2.88. The van der Waals surface area contributed by atoms with E-state index in [4.69, 9.17) is 4.74 Å². The number of hydrogen-bond acceptors (Lipinski definition) is 5. The predicted octanol–water partition coefficient (Wildman–Crippen LogP) is 3.02. The first-order valence-corrected chi connectivity index (χ1v) is 12.0. The van der Waals surface area contributed by atoms with Gasteiger partial charge in [-0.05, 0) is 50.9 Å². The van der Waals surface area contributed by atoms with Crippen molar-refractivity contribution in [2.75, 3.05) is 13.2 Å². The molecule has 1 heterocycles. The molecule has 0 spiro atoms. The van der Waals surface area contributed by atoms with Gasteiger partial charge in [0.1, 0.15) is 12.1 Å². The van der Waals surface area contributed by atoms with Crippen LogP contribution in [0.5, 0.6) is 0 Å². The number of aliphatic hydroxyl groups is 1. The first kappa shape index (κ1) is 27.2. The molecule has 4 N–H and O–H groups in total. The Morgan fingerprint density at radius 3 is 2.52 bits per heavy atom. The van der Waals surface area contributed by atoms with Gasteiger partial charge in [-0.15, -0.1) is 0 Å². The Kier molecular flexibility index (Phi) is 13.9. The quantitative estimate of drug-likeness (QED) is 0.453. The van der Waals surface area contributed by atoms with Crippen molar-refractivity contribution in [2.45, 2.75) is 110 Å². The molecule has 8 nitrogen and oxygen atoms in total. The van der Waals surface area contributed by atoms with Crippen LogP contribution in [-0.2, 0) is 14.3 Å². The molecule has 3 amide bonds. The molecule has 1 saturated heterocycles. The van der Waals surface area contributed by atoms with Crippen LogP contribution in [0.15, 0.2) is 0 Å². The Morgan fingerprint density at radius 2 is 1.84 bits per heavy atom. The number of nitrogens with one attached hydrogen (secondary N) is 3. The summed E-state index contributed by atoms with van der Waals surface area (Å²) < 4.78 is 5.70. The lowest BCUT2D eigenvalue weighted by Gasteiger charge is -2.25. The van der Waals surface area contributed by atoms with E-state index in [0.717, 1.165) is 51.4 Å². The van der Waals surface area contributed by atoms with Gasteiger partial charge in [0.2, 0.25) is 11.8 Å². The van der Waals surface area contributed by atoms with E-state index in [1.165, 1.54) is 0 Å². The van der Waals surface area contributed by atoms with Crippen LogP contribution in [0.1, 0.15) is 91.4 Å². The zero-order chi connectivity index (χ0) is 23.1. The molecule has 0 bridgehead atoms. The highest BCUT2D eigenvalue weighted by Gasteiger charge is 2.26. The van der Waals surface area contributed by atoms with Crippen molar-refractivity contribution in [1.29, 1.82) is 0 Å². The Labute approximate surface area is 187 Å². The lowest BCUT2D eigenvalue weighted by molar-refractivity contribution is -0.125. The molecule has 0 unspecified atom stereocenters. The summed E-state index contributed by atoms with van der Waals surface area (Å²) >= 11 is 0. The largest absolute Gasteiger partial charge is 0.446 e. The van der Waals surface area contributed by atoms with Gasteiger partial charge in [-0.2, -0.15) is 0 Å². The molecule has 0 saturated carbocycles. The number of carbonyl (C=O) groups is 3. The minimum absolute atomic E-state index is 0.0789. The number of unbranched alkanes of at least 4 members (excludes halogenated alkanes) is 2. The smallest absolute Gasteiger partial charge is 0.408 e. The van der Waals surface area contributed by atoms with Crippen LogP contribution in [0, 0.1) is 5.92 Å². The predicted molar refractivity (Wildman–Crippen MR) is 121 cm³/mol. The number of aliphatic hydroxyl groups excluding tert-OH is 1. The first-order valence-electron chi connectivity index (χ1n) is 12.0. The van der Waals surface area contributed by atoms with Crippen molar-refractivity contribution in [1.82, 2.24) is 16.0 Å². The van der Waals surface area contributed by atoms with Crippen LogP contribution in [0.25, 0.3) is 0 Å². The molecule has 1 fully saturated rings. The molecule has 0 aromatic rings. The highest BCUT2D eigenvalue weighted by Crippen LogP contribution is 2.15. The average Bonchev–Trinajstić information content (AvgIpc) is 2.71. The third-order valence-electron chi connectivity index (χ3n) is 5.53. The van der Waals surface area contributed by atoms with E-state index in [2.05, 4.69) is 22.9 Å². The Hall–Kier alpha value is -1.83. The topological polar surface area (TPSA) is 117 Å². The molecule has 0 aromatic heterocycles. The van der Waals surface area contributed by atoms with Gasteiger partial charge in [0.25, 0.3) is 0 Å². The second-order valence-corrected chi connectivity index (χ2v) is 8.98.